The van der Waals surface area contributed by atoms with Gasteiger partial charge >= 0.3 is 0 Å². The molecule has 0 aromatic heterocycles. The highest BCUT2D eigenvalue weighted by atomic mass is 16.5. The lowest BCUT2D eigenvalue weighted by Gasteiger charge is -2.40. The van der Waals surface area contributed by atoms with E-state index in [0.717, 1.165) is 17.1 Å². The van der Waals surface area contributed by atoms with Crippen LogP contribution in [0.15, 0.2) is 48.5 Å². The maximum atomic E-state index is 12.5. The molecule has 0 saturated carbocycles. The predicted molar refractivity (Wildman–Crippen MR) is 93.6 cm³/mol. The van der Waals surface area contributed by atoms with Crippen molar-refractivity contribution in [1.82, 2.24) is 4.90 Å². The van der Waals surface area contributed by atoms with Gasteiger partial charge in [-0.15, -0.1) is 0 Å². The van der Waals surface area contributed by atoms with Crippen LogP contribution in [0, 0.1) is 12.3 Å². The molecule has 24 heavy (non-hydrogen) atoms. The maximum Gasteiger partial charge on any atom is 0.253 e. The minimum atomic E-state index is 0.0187. The Balaban J connectivity index is 1.64. The van der Waals surface area contributed by atoms with Crippen molar-refractivity contribution in [2.24, 2.45) is 5.41 Å². The van der Waals surface area contributed by atoms with Gasteiger partial charge in [0, 0.05) is 24.6 Å². The molecule has 3 rings (SSSR count). The zero-order valence-corrected chi connectivity index (χ0v) is 14.4. The second-order valence-electron chi connectivity index (χ2n) is 6.91. The Morgan fingerprint density at radius 3 is 2.46 bits per heavy atom. The summed E-state index contributed by atoms with van der Waals surface area (Å²) in [5.74, 6) is 1.54. The number of rotatable bonds is 5. The smallest absolute Gasteiger partial charge is 0.253 e. The average Bonchev–Trinajstić information content (AvgIpc) is 2.53. The average molecular weight is 325 g/mol. The minimum absolute atomic E-state index is 0.0187. The van der Waals surface area contributed by atoms with Crippen LogP contribution in [0.1, 0.15) is 22.8 Å². The molecule has 1 fully saturated rings. The highest BCUT2D eigenvalue weighted by molar-refractivity contribution is 5.94. The van der Waals surface area contributed by atoms with E-state index in [1.807, 2.05) is 62.5 Å². The third kappa shape index (κ3) is 3.77. The predicted octanol–water partition coefficient (Wildman–Crippen LogP) is 3.90. The van der Waals surface area contributed by atoms with Crippen LogP contribution in [0.4, 0.5) is 0 Å². The summed E-state index contributed by atoms with van der Waals surface area (Å²) in [5, 5.41) is 0. The van der Waals surface area contributed by atoms with E-state index in [1.165, 1.54) is 0 Å². The zero-order valence-electron chi connectivity index (χ0n) is 14.4. The third-order valence-electron chi connectivity index (χ3n) is 4.19. The SMILES string of the molecule is Cc1cccc(Oc2ccc(C(=O)N(C)CC3(C)COC3)cc2)c1. The Kier molecular flexibility index (Phi) is 4.58. The van der Waals surface area contributed by atoms with Crippen LogP contribution < -0.4 is 4.74 Å². The van der Waals surface area contributed by atoms with Crippen molar-refractivity contribution in [3.05, 3.63) is 59.7 Å². The molecule has 0 N–H and O–H groups in total. The molecule has 2 aromatic rings. The molecule has 4 heteroatoms. The fourth-order valence-corrected chi connectivity index (χ4v) is 2.89. The highest BCUT2D eigenvalue weighted by Gasteiger charge is 2.35. The van der Waals surface area contributed by atoms with Gasteiger partial charge in [0.1, 0.15) is 11.5 Å². The number of benzene rings is 2. The summed E-state index contributed by atoms with van der Waals surface area (Å²) >= 11 is 0. The van der Waals surface area contributed by atoms with Crippen LogP contribution in [0.25, 0.3) is 0 Å². The number of aryl methyl sites for hydroxylation is 1. The van der Waals surface area contributed by atoms with Crippen molar-refractivity contribution < 1.29 is 14.3 Å². The summed E-state index contributed by atoms with van der Waals surface area (Å²) in [6.45, 7) is 6.30. The van der Waals surface area contributed by atoms with Gasteiger partial charge in [0.05, 0.1) is 13.2 Å². The Morgan fingerprint density at radius 2 is 1.88 bits per heavy atom. The summed E-state index contributed by atoms with van der Waals surface area (Å²) in [5.41, 5.74) is 1.89. The molecule has 0 aliphatic carbocycles. The summed E-state index contributed by atoms with van der Waals surface area (Å²) < 4.78 is 11.1. The van der Waals surface area contributed by atoms with Crippen LogP contribution in [0.3, 0.4) is 0 Å². The summed E-state index contributed by atoms with van der Waals surface area (Å²) in [7, 11) is 1.84. The normalized spacial score (nSPS) is 15.5. The number of hydrogen-bond donors (Lipinski definition) is 0. The lowest BCUT2D eigenvalue weighted by molar-refractivity contribution is -0.109. The van der Waals surface area contributed by atoms with Crippen molar-refractivity contribution in [3.8, 4) is 11.5 Å². The minimum Gasteiger partial charge on any atom is -0.457 e. The van der Waals surface area contributed by atoms with Gasteiger partial charge in [-0.1, -0.05) is 19.1 Å². The molecule has 2 aromatic carbocycles. The van der Waals surface area contributed by atoms with E-state index < -0.39 is 0 Å². The zero-order chi connectivity index (χ0) is 17.2. The van der Waals surface area contributed by atoms with Crippen molar-refractivity contribution in [2.75, 3.05) is 26.8 Å². The van der Waals surface area contributed by atoms with Crippen LogP contribution in [0.2, 0.25) is 0 Å². The quantitative estimate of drug-likeness (QED) is 0.837. The largest absolute Gasteiger partial charge is 0.457 e. The van der Waals surface area contributed by atoms with Crippen LogP contribution >= 0.6 is 0 Å². The van der Waals surface area contributed by atoms with E-state index in [9.17, 15) is 4.79 Å². The van der Waals surface area contributed by atoms with Crippen molar-refractivity contribution >= 4 is 5.91 Å². The van der Waals surface area contributed by atoms with E-state index in [-0.39, 0.29) is 11.3 Å². The molecule has 0 unspecified atom stereocenters. The Morgan fingerprint density at radius 1 is 1.17 bits per heavy atom. The summed E-state index contributed by atoms with van der Waals surface area (Å²) in [6, 6.07) is 15.2. The first-order valence-corrected chi connectivity index (χ1v) is 8.13. The number of carbonyl (C=O) groups excluding carboxylic acids is 1. The molecule has 1 aliphatic rings. The van der Waals surface area contributed by atoms with Gasteiger partial charge in [0.2, 0.25) is 0 Å². The van der Waals surface area contributed by atoms with E-state index in [1.54, 1.807) is 4.90 Å². The molecular weight excluding hydrogens is 302 g/mol. The molecule has 1 aliphatic heterocycles. The van der Waals surface area contributed by atoms with Crippen LogP contribution in [0.5, 0.6) is 11.5 Å². The first-order chi connectivity index (χ1) is 11.5. The molecule has 1 heterocycles. The van der Waals surface area contributed by atoms with Crippen molar-refractivity contribution in [3.63, 3.8) is 0 Å². The van der Waals surface area contributed by atoms with Gasteiger partial charge in [-0.05, 0) is 48.9 Å². The van der Waals surface area contributed by atoms with E-state index in [2.05, 4.69) is 6.92 Å². The Bertz CT molecular complexity index is 720. The monoisotopic (exact) mass is 325 g/mol. The molecule has 0 bridgehead atoms. The summed E-state index contributed by atoms with van der Waals surface area (Å²) in [6.07, 6.45) is 0. The fourth-order valence-electron chi connectivity index (χ4n) is 2.89. The molecule has 4 nitrogen and oxygen atoms in total. The standard InChI is InChI=1S/C20H23NO3/c1-15-5-4-6-18(11-15)24-17-9-7-16(8-10-17)19(22)21(3)12-20(2)13-23-14-20/h4-11H,12-14H2,1-3H3. The van der Waals surface area contributed by atoms with Gasteiger partial charge in [-0.25, -0.2) is 0 Å². The third-order valence-corrected chi connectivity index (χ3v) is 4.19. The number of nitrogens with zero attached hydrogens (tertiary/aromatic N) is 1. The van der Waals surface area contributed by atoms with Crippen LogP contribution in [-0.4, -0.2) is 37.6 Å². The lowest BCUT2D eigenvalue weighted by atomic mass is 9.88. The number of carbonyl (C=O) groups is 1. The van der Waals surface area contributed by atoms with Crippen molar-refractivity contribution in [2.45, 2.75) is 13.8 Å². The van der Waals surface area contributed by atoms with Crippen LogP contribution in [-0.2, 0) is 4.74 Å². The molecule has 0 radical (unpaired) electrons. The Labute approximate surface area is 143 Å². The maximum absolute atomic E-state index is 12.5. The fraction of sp³-hybridized carbons (Fsp3) is 0.350. The van der Waals surface area contributed by atoms with Gasteiger partial charge < -0.3 is 14.4 Å². The first kappa shape index (κ1) is 16.5. The number of hydrogen-bond acceptors (Lipinski definition) is 3. The molecule has 0 spiro atoms. The Hall–Kier alpha value is -2.33. The number of ether oxygens (including phenoxy) is 2. The topological polar surface area (TPSA) is 38.8 Å². The number of amides is 1. The summed E-state index contributed by atoms with van der Waals surface area (Å²) in [4.78, 5) is 14.3. The second-order valence-corrected chi connectivity index (χ2v) is 6.91. The van der Waals surface area contributed by atoms with Gasteiger partial charge in [0.15, 0.2) is 0 Å². The van der Waals surface area contributed by atoms with Crippen molar-refractivity contribution in [1.29, 1.82) is 0 Å². The van der Waals surface area contributed by atoms with E-state index >= 15 is 0 Å². The van der Waals surface area contributed by atoms with E-state index in [4.69, 9.17) is 9.47 Å². The molecular formula is C20H23NO3. The second kappa shape index (κ2) is 6.65. The molecule has 1 amide bonds. The molecule has 0 atom stereocenters. The van der Waals surface area contributed by atoms with Gasteiger partial charge in [-0.2, -0.15) is 0 Å². The van der Waals surface area contributed by atoms with Gasteiger partial charge in [0.25, 0.3) is 5.91 Å². The highest BCUT2D eigenvalue weighted by Crippen LogP contribution is 2.28. The van der Waals surface area contributed by atoms with E-state index in [0.29, 0.717) is 25.3 Å². The first-order valence-electron chi connectivity index (χ1n) is 8.13. The van der Waals surface area contributed by atoms with Gasteiger partial charge in [-0.3, -0.25) is 4.79 Å². The lowest BCUT2D eigenvalue weighted by Crippen LogP contribution is -2.49. The molecule has 126 valence electrons. The molecule has 1 saturated heterocycles.